The molecule has 2 aliphatic heterocycles. The van der Waals surface area contributed by atoms with Gasteiger partial charge in [0.15, 0.2) is 11.5 Å². The Morgan fingerprint density at radius 2 is 2.11 bits per heavy atom. The summed E-state index contributed by atoms with van der Waals surface area (Å²) < 4.78 is 17.0. The van der Waals surface area contributed by atoms with Gasteiger partial charge in [-0.2, -0.15) is 0 Å². The number of fused-ring (bicyclic) bond motifs is 1. The first-order chi connectivity index (χ1) is 8.77. The molecule has 0 radical (unpaired) electrons. The molecule has 5 heteroatoms. The molecular weight excluding hydrogens is 254 g/mol. The molecule has 18 heavy (non-hydrogen) atoms. The molecule has 0 amide bonds. The van der Waals surface area contributed by atoms with Crippen molar-refractivity contribution in [1.82, 2.24) is 5.32 Å². The Bertz CT molecular complexity index is 458. The first kappa shape index (κ1) is 12.1. The second-order valence-electron chi connectivity index (χ2n) is 4.49. The zero-order chi connectivity index (χ0) is 12.5. The summed E-state index contributed by atoms with van der Waals surface area (Å²) in [5.74, 6) is 1.53. The fourth-order valence-corrected chi connectivity index (χ4v) is 2.61. The highest BCUT2D eigenvalue weighted by Gasteiger charge is 2.25. The van der Waals surface area contributed by atoms with Gasteiger partial charge in [-0.25, -0.2) is 0 Å². The molecule has 0 aromatic heterocycles. The number of hydrogen-bond donors (Lipinski definition) is 1. The van der Waals surface area contributed by atoms with Crippen LogP contribution in [0, 0.1) is 6.92 Å². The molecule has 1 N–H and O–H groups in total. The van der Waals surface area contributed by atoms with Crippen molar-refractivity contribution in [2.24, 2.45) is 0 Å². The first-order valence-electron chi connectivity index (χ1n) is 6.18. The summed E-state index contributed by atoms with van der Waals surface area (Å²) in [6.45, 7) is 5.48. The van der Waals surface area contributed by atoms with Crippen LogP contribution in [0.2, 0.25) is 5.02 Å². The van der Waals surface area contributed by atoms with Crippen LogP contribution in [0.15, 0.2) is 6.07 Å². The van der Waals surface area contributed by atoms with Crippen molar-refractivity contribution in [1.29, 1.82) is 0 Å². The number of halogens is 1. The van der Waals surface area contributed by atoms with E-state index >= 15 is 0 Å². The third kappa shape index (κ3) is 2.05. The zero-order valence-corrected chi connectivity index (χ0v) is 11.0. The lowest BCUT2D eigenvalue weighted by atomic mass is 10.0. The van der Waals surface area contributed by atoms with E-state index in [4.69, 9.17) is 25.8 Å². The Balaban J connectivity index is 2.01. The Morgan fingerprint density at radius 3 is 2.89 bits per heavy atom. The summed E-state index contributed by atoms with van der Waals surface area (Å²) in [5, 5.41) is 4.02. The summed E-state index contributed by atoms with van der Waals surface area (Å²) >= 11 is 6.42. The van der Waals surface area contributed by atoms with Gasteiger partial charge in [0.25, 0.3) is 0 Å². The lowest BCUT2D eigenvalue weighted by Crippen LogP contribution is -2.33. The van der Waals surface area contributed by atoms with Crippen LogP contribution in [0.3, 0.4) is 0 Å². The highest BCUT2D eigenvalue weighted by molar-refractivity contribution is 6.32. The first-order valence-corrected chi connectivity index (χ1v) is 6.56. The van der Waals surface area contributed by atoms with Gasteiger partial charge in [0.1, 0.15) is 13.2 Å². The molecule has 0 aliphatic carbocycles. The van der Waals surface area contributed by atoms with E-state index in [9.17, 15) is 0 Å². The third-order valence-corrected chi connectivity index (χ3v) is 3.80. The Kier molecular flexibility index (Phi) is 3.33. The maximum Gasteiger partial charge on any atom is 0.165 e. The van der Waals surface area contributed by atoms with Crippen LogP contribution in [0.1, 0.15) is 17.2 Å². The van der Waals surface area contributed by atoms with E-state index in [0.717, 1.165) is 35.7 Å². The molecule has 1 unspecified atom stereocenters. The molecule has 2 aliphatic rings. The topological polar surface area (TPSA) is 39.7 Å². The van der Waals surface area contributed by atoms with E-state index in [-0.39, 0.29) is 6.10 Å². The van der Waals surface area contributed by atoms with Gasteiger partial charge in [-0.05, 0) is 13.0 Å². The lowest BCUT2D eigenvalue weighted by molar-refractivity contribution is 0.0274. The van der Waals surface area contributed by atoms with Crippen LogP contribution in [0.25, 0.3) is 0 Å². The van der Waals surface area contributed by atoms with Gasteiger partial charge in [-0.15, -0.1) is 0 Å². The second kappa shape index (κ2) is 4.96. The summed E-state index contributed by atoms with van der Waals surface area (Å²) in [6.07, 6.45) is -0.0132. The van der Waals surface area contributed by atoms with E-state index in [1.807, 2.05) is 13.0 Å². The minimum atomic E-state index is -0.0132. The second-order valence-corrected chi connectivity index (χ2v) is 4.87. The SMILES string of the molecule is Cc1c(Cl)c(C2CNCCO2)cc2c1OCCO2. The van der Waals surface area contributed by atoms with Crippen molar-refractivity contribution in [3.05, 3.63) is 22.2 Å². The van der Waals surface area contributed by atoms with Gasteiger partial charge < -0.3 is 19.5 Å². The van der Waals surface area contributed by atoms with Crippen molar-refractivity contribution in [3.63, 3.8) is 0 Å². The predicted molar refractivity (Wildman–Crippen MR) is 68.7 cm³/mol. The Labute approximate surface area is 111 Å². The van der Waals surface area contributed by atoms with Crippen molar-refractivity contribution >= 4 is 11.6 Å². The van der Waals surface area contributed by atoms with Crippen molar-refractivity contribution in [3.8, 4) is 11.5 Å². The molecular formula is C13H16ClNO3. The molecule has 1 saturated heterocycles. The van der Waals surface area contributed by atoms with Crippen LogP contribution >= 0.6 is 11.6 Å². The van der Waals surface area contributed by atoms with E-state index in [1.165, 1.54) is 0 Å². The van der Waals surface area contributed by atoms with Gasteiger partial charge in [0.05, 0.1) is 17.7 Å². The van der Waals surface area contributed by atoms with Gasteiger partial charge in [-0.1, -0.05) is 11.6 Å². The molecule has 1 atom stereocenters. The maximum absolute atomic E-state index is 6.42. The number of ether oxygens (including phenoxy) is 3. The fraction of sp³-hybridized carbons (Fsp3) is 0.538. The lowest BCUT2D eigenvalue weighted by Gasteiger charge is -2.28. The molecule has 0 saturated carbocycles. The van der Waals surface area contributed by atoms with Gasteiger partial charge in [0, 0.05) is 24.2 Å². The molecule has 1 aromatic rings. The van der Waals surface area contributed by atoms with E-state index < -0.39 is 0 Å². The highest BCUT2D eigenvalue weighted by atomic mass is 35.5. The quantitative estimate of drug-likeness (QED) is 0.847. The normalized spacial score (nSPS) is 22.9. The fourth-order valence-electron chi connectivity index (χ4n) is 2.35. The van der Waals surface area contributed by atoms with E-state index in [2.05, 4.69) is 5.32 Å². The summed E-state index contributed by atoms with van der Waals surface area (Å²) in [5.41, 5.74) is 1.91. The number of morpholine rings is 1. The van der Waals surface area contributed by atoms with Crippen LogP contribution in [0.5, 0.6) is 11.5 Å². The molecule has 0 bridgehead atoms. The van der Waals surface area contributed by atoms with Gasteiger partial charge in [0.2, 0.25) is 0 Å². The molecule has 98 valence electrons. The maximum atomic E-state index is 6.42. The van der Waals surface area contributed by atoms with Crippen molar-refractivity contribution in [2.75, 3.05) is 32.9 Å². The Hall–Kier alpha value is -0.970. The van der Waals surface area contributed by atoms with Crippen molar-refractivity contribution < 1.29 is 14.2 Å². The molecule has 1 aromatic carbocycles. The smallest absolute Gasteiger partial charge is 0.165 e. The summed E-state index contributed by atoms with van der Waals surface area (Å²) in [4.78, 5) is 0. The van der Waals surface area contributed by atoms with Crippen molar-refractivity contribution in [2.45, 2.75) is 13.0 Å². The molecule has 4 nitrogen and oxygen atoms in total. The number of benzene rings is 1. The van der Waals surface area contributed by atoms with E-state index in [1.54, 1.807) is 0 Å². The number of nitrogens with one attached hydrogen (secondary N) is 1. The zero-order valence-electron chi connectivity index (χ0n) is 10.3. The highest BCUT2D eigenvalue weighted by Crippen LogP contribution is 2.42. The standard InChI is InChI=1S/C13H16ClNO3/c1-8-12(14)9(11-7-15-2-3-16-11)6-10-13(8)18-5-4-17-10/h6,11,15H,2-5,7H2,1H3. The van der Waals surface area contributed by atoms with Crippen LogP contribution in [-0.2, 0) is 4.74 Å². The minimum absolute atomic E-state index is 0.0132. The number of hydrogen-bond acceptors (Lipinski definition) is 4. The molecule has 3 rings (SSSR count). The summed E-state index contributed by atoms with van der Waals surface area (Å²) in [7, 11) is 0. The minimum Gasteiger partial charge on any atom is -0.486 e. The van der Waals surface area contributed by atoms with Crippen LogP contribution < -0.4 is 14.8 Å². The average Bonchev–Trinajstić information content (AvgIpc) is 2.44. The molecule has 1 fully saturated rings. The van der Waals surface area contributed by atoms with Crippen LogP contribution in [-0.4, -0.2) is 32.9 Å². The average molecular weight is 270 g/mol. The third-order valence-electron chi connectivity index (χ3n) is 3.30. The monoisotopic (exact) mass is 269 g/mol. The van der Waals surface area contributed by atoms with Gasteiger partial charge in [-0.3, -0.25) is 0 Å². The molecule has 0 spiro atoms. The Morgan fingerprint density at radius 1 is 1.28 bits per heavy atom. The number of rotatable bonds is 1. The molecule has 2 heterocycles. The summed E-state index contributed by atoms with van der Waals surface area (Å²) in [6, 6.07) is 1.95. The van der Waals surface area contributed by atoms with Crippen LogP contribution in [0.4, 0.5) is 0 Å². The van der Waals surface area contributed by atoms with Gasteiger partial charge >= 0.3 is 0 Å². The largest absolute Gasteiger partial charge is 0.486 e. The van der Waals surface area contributed by atoms with E-state index in [0.29, 0.717) is 24.8 Å². The predicted octanol–water partition coefficient (Wildman–Crippen LogP) is 2.08.